The van der Waals surface area contributed by atoms with Crippen LogP contribution < -0.4 is 0 Å². The number of unbranched alkanes of at least 4 members (excludes halogenated alkanes) is 2. The molecule has 0 aromatic rings. The van der Waals surface area contributed by atoms with Gasteiger partial charge in [-0.05, 0) is 39.5 Å². The molecule has 0 aliphatic heterocycles. The highest BCUT2D eigenvalue weighted by Crippen LogP contribution is 2.37. The van der Waals surface area contributed by atoms with Gasteiger partial charge in [0.25, 0.3) is 0 Å². The zero-order valence-electron chi connectivity index (χ0n) is 16.2. The van der Waals surface area contributed by atoms with Crippen molar-refractivity contribution in [3.63, 3.8) is 0 Å². The van der Waals surface area contributed by atoms with E-state index in [2.05, 4.69) is 0 Å². The van der Waals surface area contributed by atoms with Crippen LogP contribution in [0.4, 0.5) is 0 Å². The molecule has 2 atom stereocenters. The molecule has 0 spiro atoms. The molecule has 5 nitrogen and oxygen atoms in total. The Morgan fingerprint density at radius 2 is 1.04 bits per heavy atom. The standard InChI is InChI=1S/C19H34O5/c1-7-11-13-23-16(21)18(5,9-3)15(20)19(6,10-4)17(22)24-14-12-8-2/h7-14H2,1-6H3. The van der Waals surface area contributed by atoms with E-state index in [0.29, 0.717) is 13.2 Å². The second kappa shape index (κ2) is 10.5. The van der Waals surface area contributed by atoms with E-state index in [1.807, 2.05) is 13.8 Å². The van der Waals surface area contributed by atoms with Crippen molar-refractivity contribution in [3.8, 4) is 0 Å². The van der Waals surface area contributed by atoms with Crippen LogP contribution in [0, 0.1) is 10.8 Å². The molecule has 5 heteroatoms. The molecule has 0 aliphatic carbocycles. The molecule has 24 heavy (non-hydrogen) atoms. The van der Waals surface area contributed by atoms with Crippen LogP contribution in [-0.4, -0.2) is 30.9 Å². The summed E-state index contributed by atoms with van der Waals surface area (Å²) < 4.78 is 10.5. The van der Waals surface area contributed by atoms with Gasteiger partial charge in [-0.15, -0.1) is 0 Å². The van der Waals surface area contributed by atoms with E-state index >= 15 is 0 Å². The fraction of sp³-hybridized carbons (Fsp3) is 0.842. The average molecular weight is 342 g/mol. The lowest BCUT2D eigenvalue weighted by molar-refractivity contribution is -0.170. The molecule has 0 bridgehead atoms. The first-order valence-corrected chi connectivity index (χ1v) is 9.13. The van der Waals surface area contributed by atoms with Gasteiger partial charge in [-0.25, -0.2) is 0 Å². The van der Waals surface area contributed by atoms with E-state index in [-0.39, 0.29) is 12.8 Å². The Hall–Kier alpha value is -1.39. The number of carbonyl (C=O) groups is 3. The van der Waals surface area contributed by atoms with Crippen LogP contribution in [0.2, 0.25) is 0 Å². The Morgan fingerprint density at radius 3 is 1.29 bits per heavy atom. The van der Waals surface area contributed by atoms with Gasteiger partial charge in [0, 0.05) is 0 Å². The number of ketones is 1. The summed E-state index contributed by atoms with van der Waals surface area (Å²) in [5.74, 6) is -1.52. The quantitative estimate of drug-likeness (QED) is 0.304. The van der Waals surface area contributed by atoms with Crippen molar-refractivity contribution < 1.29 is 23.9 Å². The molecule has 0 saturated heterocycles. The Bertz CT molecular complexity index is 393. The third-order valence-corrected chi connectivity index (χ3v) is 4.78. The van der Waals surface area contributed by atoms with Crippen molar-refractivity contribution in [2.45, 2.75) is 80.1 Å². The molecule has 0 aromatic heterocycles. The number of esters is 2. The molecular weight excluding hydrogens is 308 g/mol. The average Bonchev–Trinajstić information content (AvgIpc) is 2.59. The smallest absolute Gasteiger partial charge is 0.319 e. The number of carbonyl (C=O) groups excluding carboxylic acids is 3. The normalized spacial score (nSPS) is 15.9. The molecule has 0 N–H and O–H groups in total. The minimum Gasteiger partial charge on any atom is -0.465 e. The molecule has 0 aliphatic rings. The van der Waals surface area contributed by atoms with E-state index in [9.17, 15) is 14.4 Å². The fourth-order valence-electron chi connectivity index (χ4n) is 2.34. The van der Waals surface area contributed by atoms with Gasteiger partial charge in [0.2, 0.25) is 0 Å². The third-order valence-electron chi connectivity index (χ3n) is 4.78. The SMILES string of the molecule is CCCCOC(=O)C(C)(CC)C(=O)C(C)(CC)C(=O)OCCCC. The first kappa shape index (κ1) is 22.6. The van der Waals surface area contributed by atoms with Crippen LogP contribution in [0.25, 0.3) is 0 Å². The van der Waals surface area contributed by atoms with Crippen LogP contribution in [0.5, 0.6) is 0 Å². The molecule has 0 heterocycles. The van der Waals surface area contributed by atoms with E-state index in [4.69, 9.17) is 9.47 Å². The summed E-state index contributed by atoms with van der Waals surface area (Å²) in [6.07, 6.45) is 3.89. The van der Waals surface area contributed by atoms with Gasteiger partial charge < -0.3 is 9.47 Å². The molecule has 2 unspecified atom stereocenters. The zero-order valence-corrected chi connectivity index (χ0v) is 16.2. The number of Topliss-reactive ketones (excluding diaryl/α,β-unsaturated/α-hetero) is 1. The summed E-state index contributed by atoms with van der Waals surface area (Å²) in [5.41, 5.74) is -2.66. The number of hydrogen-bond acceptors (Lipinski definition) is 5. The van der Waals surface area contributed by atoms with E-state index in [0.717, 1.165) is 25.7 Å². The summed E-state index contributed by atoms with van der Waals surface area (Å²) in [5, 5.41) is 0. The topological polar surface area (TPSA) is 69.7 Å². The second-order valence-electron chi connectivity index (χ2n) is 6.68. The largest absolute Gasteiger partial charge is 0.465 e. The van der Waals surface area contributed by atoms with Gasteiger partial charge in [0.15, 0.2) is 5.78 Å². The molecule has 0 amide bonds. The van der Waals surface area contributed by atoms with Crippen LogP contribution in [0.3, 0.4) is 0 Å². The van der Waals surface area contributed by atoms with Crippen molar-refractivity contribution in [1.29, 1.82) is 0 Å². The Labute approximate surface area is 146 Å². The number of rotatable bonds is 12. The lowest BCUT2D eigenvalue weighted by Crippen LogP contribution is -2.50. The Balaban J connectivity index is 5.29. The van der Waals surface area contributed by atoms with Gasteiger partial charge in [-0.3, -0.25) is 14.4 Å². The van der Waals surface area contributed by atoms with Crippen LogP contribution in [0.15, 0.2) is 0 Å². The summed E-state index contributed by atoms with van der Waals surface area (Å²) in [4.78, 5) is 38.0. The van der Waals surface area contributed by atoms with Crippen molar-refractivity contribution >= 4 is 17.7 Å². The highest BCUT2D eigenvalue weighted by Gasteiger charge is 2.53. The van der Waals surface area contributed by atoms with E-state index in [1.54, 1.807) is 27.7 Å². The molecule has 0 saturated carbocycles. The van der Waals surface area contributed by atoms with Gasteiger partial charge in [0.1, 0.15) is 10.8 Å². The van der Waals surface area contributed by atoms with E-state index < -0.39 is 28.6 Å². The summed E-state index contributed by atoms with van der Waals surface area (Å²) in [7, 11) is 0. The van der Waals surface area contributed by atoms with Crippen LogP contribution in [-0.2, 0) is 23.9 Å². The predicted molar refractivity (Wildman–Crippen MR) is 93.5 cm³/mol. The van der Waals surface area contributed by atoms with Crippen molar-refractivity contribution in [2.75, 3.05) is 13.2 Å². The fourth-order valence-corrected chi connectivity index (χ4v) is 2.34. The highest BCUT2D eigenvalue weighted by molar-refractivity contribution is 6.14. The minimum absolute atomic E-state index is 0.286. The van der Waals surface area contributed by atoms with Crippen molar-refractivity contribution in [2.24, 2.45) is 10.8 Å². The number of ether oxygens (including phenoxy) is 2. The lowest BCUT2D eigenvalue weighted by atomic mass is 9.68. The summed E-state index contributed by atoms with van der Waals surface area (Å²) in [6, 6.07) is 0. The molecule has 0 fully saturated rings. The maximum Gasteiger partial charge on any atom is 0.319 e. The first-order valence-electron chi connectivity index (χ1n) is 9.13. The first-order chi connectivity index (χ1) is 11.2. The Morgan fingerprint density at radius 1 is 0.708 bits per heavy atom. The van der Waals surface area contributed by atoms with Gasteiger partial charge >= 0.3 is 11.9 Å². The molecule has 0 aromatic carbocycles. The Kier molecular flexibility index (Phi) is 9.86. The van der Waals surface area contributed by atoms with Gasteiger partial charge in [-0.2, -0.15) is 0 Å². The lowest BCUT2D eigenvalue weighted by Gasteiger charge is -2.33. The maximum absolute atomic E-state index is 13.1. The molecular formula is C19H34O5. The third kappa shape index (κ3) is 5.32. The zero-order chi connectivity index (χ0) is 18.8. The molecule has 0 rings (SSSR count). The highest BCUT2D eigenvalue weighted by atomic mass is 16.5. The maximum atomic E-state index is 13.1. The second-order valence-corrected chi connectivity index (χ2v) is 6.68. The van der Waals surface area contributed by atoms with Crippen LogP contribution >= 0.6 is 0 Å². The van der Waals surface area contributed by atoms with Crippen molar-refractivity contribution in [1.82, 2.24) is 0 Å². The predicted octanol–water partition coefficient (Wildman–Crippen LogP) is 4.07. The number of hydrogen-bond donors (Lipinski definition) is 0. The van der Waals surface area contributed by atoms with E-state index in [1.165, 1.54) is 0 Å². The van der Waals surface area contributed by atoms with Crippen molar-refractivity contribution in [3.05, 3.63) is 0 Å². The van der Waals surface area contributed by atoms with Gasteiger partial charge in [0.05, 0.1) is 13.2 Å². The summed E-state index contributed by atoms with van der Waals surface area (Å²) >= 11 is 0. The monoisotopic (exact) mass is 342 g/mol. The molecule has 0 radical (unpaired) electrons. The van der Waals surface area contributed by atoms with Gasteiger partial charge in [-0.1, -0.05) is 40.5 Å². The minimum atomic E-state index is -1.33. The molecule has 140 valence electrons. The summed E-state index contributed by atoms with van der Waals surface area (Å²) in [6.45, 7) is 11.2. The van der Waals surface area contributed by atoms with Crippen LogP contribution in [0.1, 0.15) is 80.1 Å².